The summed E-state index contributed by atoms with van der Waals surface area (Å²) in [7, 11) is 7.29. The van der Waals surface area contributed by atoms with Crippen LogP contribution in [0.25, 0.3) is 0 Å². The number of benzene rings is 1. The van der Waals surface area contributed by atoms with E-state index in [9.17, 15) is 0 Å². The Morgan fingerprint density at radius 1 is 1.21 bits per heavy atom. The fourth-order valence-electron chi connectivity index (χ4n) is 3.79. The number of rotatable bonds is 9. The van der Waals surface area contributed by atoms with Crippen molar-refractivity contribution < 1.29 is 9.47 Å². The first-order valence-corrected chi connectivity index (χ1v) is 10.5. The van der Waals surface area contributed by atoms with Crippen molar-refractivity contribution in [2.45, 2.75) is 32.6 Å². The molecule has 0 unspecified atom stereocenters. The number of nitrogens with zero attached hydrogens (tertiary/aromatic N) is 3. The number of nitrogens with one attached hydrogen (secondary N) is 1. The Morgan fingerprint density at radius 2 is 1.90 bits per heavy atom. The second-order valence-corrected chi connectivity index (χ2v) is 7.57. The fourth-order valence-corrected chi connectivity index (χ4v) is 3.79. The van der Waals surface area contributed by atoms with E-state index < -0.39 is 0 Å². The van der Waals surface area contributed by atoms with Crippen LogP contribution in [0.15, 0.2) is 23.2 Å². The lowest BCUT2D eigenvalue weighted by Gasteiger charge is -2.32. The minimum atomic E-state index is 0. The molecule has 0 aromatic heterocycles. The molecule has 1 fully saturated rings. The molecule has 0 atom stereocenters. The van der Waals surface area contributed by atoms with E-state index in [4.69, 9.17) is 9.47 Å². The topological polar surface area (TPSA) is 49.3 Å². The summed E-state index contributed by atoms with van der Waals surface area (Å²) in [5.41, 5.74) is 1.23. The SMILES string of the molecule is CCCN1CCC(CNC(=NC)N(C)CCc2ccc(OC)c(OC)c2)CC1.I. The van der Waals surface area contributed by atoms with E-state index in [0.717, 1.165) is 42.9 Å². The van der Waals surface area contributed by atoms with Gasteiger partial charge in [0.2, 0.25) is 0 Å². The Bertz CT molecular complexity index is 619. The third kappa shape index (κ3) is 8.20. The van der Waals surface area contributed by atoms with E-state index in [2.05, 4.69) is 40.1 Å². The maximum Gasteiger partial charge on any atom is 0.193 e. The minimum absolute atomic E-state index is 0. The molecule has 1 aromatic carbocycles. The molecular weight excluding hydrogens is 479 g/mol. The predicted molar refractivity (Wildman–Crippen MR) is 132 cm³/mol. The van der Waals surface area contributed by atoms with Gasteiger partial charge >= 0.3 is 0 Å². The van der Waals surface area contributed by atoms with Crippen molar-refractivity contribution in [2.24, 2.45) is 10.9 Å². The number of likely N-dealkylation sites (N-methyl/N-ethyl adjacent to an activating group) is 1. The van der Waals surface area contributed by atoms with Gasteiger partial charge in [-0.1, -0.05) is 13.0 Å². The summed E-state index contributed by atoms with van der Waals surface area (Å²) in [5, 5.41) is 3.58. The normalized spacial score (nSPS) is 15.6. The van der Waals surface area contributed by atoms with Gasteiger partial charge in [-0.15, -0.1) is 24.0 Å². The first-order valence-electron chi connectivity index (χ1n) is 10.5. The Balaban J connectivity index is 0.00000420. The summed E-state index contributed by atoms with van der Waals surface area (Å²) < 4.78 is 10.7. The van der Waals surface area contributed by atoms with Crippen LogP contribution in [0, 0.1) is 5.92 Å². The summed E-state index contributed by atoms with van der Waals surface area (Å²) >= 11 is 0. The molecule has 0 saturated carbocycles. The molecule has 0 radical (unpaired) electrons. The first kappa shape index (κ1) is 25.8. The van der Waals surface area contributed by atoms with Gasteiger partial charge in [0.25, 0.3) is 0 Å². The number of ether oxygens (including phenoxy) is 2. The Hall–Kier alpha value is -1.22. The molecule has 2 rings (SSSR count). The fraction of sp³-hybridized carbons (Fsp3) is 0.682. The lowest BCUT2D eigenvalue weighted by Crippen LogP contribution is -2.44. The molecule has 0 aliphatic carbocycles. The average Bonchev–Trinajstić information content (AvgIpc) is 2.73. The molecule has 6 nitrogen and oxygen atoms in total. The van der Waals surface area contributed by atoms with Crippen molar-refractivity contribution in [3.8, 4) is 11.5 Å². The van der Waals surface area contributed by atoms with Crippen molar-refractivity contribution in [1.82, 2.24) is 15.1 Å². The van der Waals surface area contributed by atoms with E-state index in [1.54, 1.807) is 14.2 Å². The maximum absolute atomic E-state index is 5.40. The summed E-state index contributed by atoms with van der Waals surface area (Å²) in [5.74, 6) is 3.25. The zero-order chi connectivity index (χ0) is 20.4. The van der Waals surface area contributed by atoms with Gasteiger partial charge in [0.15, 0.2) is 17.5 Å². The second-order valence-electron chi connectivity index (χ2n) is 7.57. The van der Waals surface area contributed by atoms with Gasteiger partial charge < -0.3 is 24.6 Å². The van der Waals surface area contributed by atoms with E-state index in [-0.39, 0.29) is 24.0 Å². The third-order valence-corrected chi connectivity index (χ3v) is 5.55. The van der Waals surface area contributed by atoms with Crippen LogP contribution in [0.2, 0.25) is 0 Å². The third-order valence-electron chi connectivity index (χ3n) is 5.55. The highest BCUT2D eigenvalue weighted by Gasteiger charge is 2.19. The molecule has 1 saturated heterocycles. The van der Waals surface area contributed by atoms with E-state index >= 15 is 0 Å². The Kier molecular flexibility index (Phi) is 12.4. The van der Waals surface area contributed by atoms with E-state index in [1.165, 1.54) is 44.5 Å². The van der Waals surface area contributed by atoms with Gasteiger partial charge in [-0.2, -0.15) is 0 Å². The molecule has 1 heterocycles. The second kappa shape index (κ2) is 13.9. The van der Waals surface area contributed by atoms with Gasteiger partial charge in [-0.05, 0) is 68.9 Å². The van der Waals surface area contributed by atoms with Gasteiger partial charge in [0.05, 0.1) is 14.2 Å². The van der Waals surface area contributed by atoms with Crippen molar-refractivity contribution in [3.63, 3.8) is 0 Å². The largest absolute Gasteiger partial charge is 0.493 e. The van der Waals surface area contributed by atoms with E-state index in [0.29, 0.717) is 0 Å². The number of hydrogen-bond donors (Lipinski definition) is 1. The molecule has 1 aromatic rings. The molecule has 29 heavy (non-hydrogen) atoms. The summed E-state index contributed by atoms with van der Waals surface area (Å²) in [6.45, 7) is 7.86. The molecule has 0 spiro atoms. The van der Waals surface area contributed by atoms with Crippen LogP contribution in [-0.2, 0) is 6.42 Å². The monoisotopic (exact) mass is 518 g/mol. The molecule has 1 N–H and O–H groups in total. The molecule has 0 bridgehead atoms. The van der Waals surface area contributed by atoms with Gasteiger partial charge in [-0.25, -0.2) is 0 Å². The molecule has 1 aliphatic rings. The predicted octanol–water partition coefficient (Wildman–Crippen LogP) is 3.49. The Morgan fingerprint density at radius 3 is 2.48 bits per heavy atom. The minimum Gasteiger partial charge on any atom is -0.493 e. The number of guanidine groups is 1. The number of aliphatic imine (C=N–C) groups is 1. The highest BCUT2D eigenvalue weighted by Crippen LogP contribution is 2.27. The molecule has 1 aliphatic heterocycles. The average molecular weight is 518 g/mol. The van der Waals surface area contributed by atoms with Gasteiger partial charge in [0, 0.05) is 27.2 Å². The van der Waals surface area contributed by atoms with Crippen LogP contribution in [-0.4, -0.2) is 76.8 Å². The quantitative estimate of drug-likeness (QED) is 0.308. The highest BCUT2D eigenvalue weighted by atomic mass is 127. The molecule has 0 amide bonds. The summed E-state index contributed by atoms with van der Waals surface area (Å²) in [4.78, 5) is 9.25. The van der Waals surface area contributed by atoms with Crippen molar-refractivity contribution in [1.29, 1.82) is 0 Å². The van der Waals surface area contributed by atoms with Crippen molar-refractivity contribution in [3.05, 3.63) is 23.8 Å². The molecular formula is C22H39IN4O2. The van der Waals surface area contributed by atoms with E-state index in [1.807, 2.05) is 19.2 Å². The van der Waals surface area contributed by atoms with Crippen LogP contribution >= 0.6 is 24.0 Å². The van der Waals surface area contributed by atoms with Crippen LogP contribution in [0.4, 0.5) is 0 Å². The smallest absolute Gasteiger partial charge is 0.193 e. The van der Waals surface area contributed by atoms with Gasteiger partial charge in [0.1, 0.15) is 0 Å². The standard InChI is InChI=1S/C22H38N4O2.HI/c1-6-12-26-14-10-19(11-15-26)17-24-22(23-2)25(3)13-9-18-7-8-20(27-4)21(16-18)28-5;/h7-8,16,19H,6,9-15,17H2,1-5H3,(H,23,24);1H. The molecule has 7 heteroatoms. The van der Waals surface area contributed by atoms with Crippen LogP contribution in [0.5, 0.6) is 11.5 Å². The summed E-state index contributed by atoms with van der Waals surface area (Å²) in [6, 6.07) is 6.11. The highest BCUT2D eigenvalue weighted by molar-refractivity contribution is 14.0. The first-order chi connectivity index (χ1) is 13.6. The zero-order valence-corrected chi connectivity index (χ0v) is 21.1. The van der Waals surface area contributed by atoms with Crippen LogP contribution in [0.1, 0.15) is 31.7 Å². The number of hydrogen-bond acceptors (Lipinski definition) is 4. The Labute approximate surface area is 194 Å². The van der Waals surface area contributed by atoms with Crippen molar-refractivity contribution in [2.75, 3.05) is 61.0 Å². The maximum atomic E-state index is 5.40. The number of methoxy groups -OCH3 is 2. The number of piperidine rings is 1. The van der Waals surface area contributed by atoms with Gasteiger partial charge in [-0.3, -0.25) is 4.99 Å². The summed E-state index contributed by atoms with van der Waals surface area (Å²) in [6.07, 6.45) is 4.73. The van der Waals surface area contributed by atoms with Crippen molar-refractivity contribution >= 4 is 29.9 Å². The number of halogens is 1. The lowest BCUT2D eigenvalue weighted by atomic mass is 9.97. The molecule has 166 valence electrons. The number of likely N-dealkylation sites (tertiary alicyclic amines) is 1. The lowest BCUT2D eigenvalue weighted by molar-refractivity contribution is 0.185. The van der Waals surface area contributed by atoms with Crippen LogP contribution in [0.3, 0.4) is 0 Å². The van der Waals surface area contributed by atoms with Crippen LogP contribution < -0.4 is 14.8 Å². The zero-order valence-electron chi connectivity index (χ0n) is 18.7.